The Labute approximate surface area is 211 Å². The topological polar surface area (TPSA) is 307 Å². The van der Waals surface area contributed by atoms with E-state index in [2.05, 4.69) is 32.2 Å². The van der Waals surface area contributed by atoms with E-state index < -0.39 is 15.3 Å². The second-order valence-corrected chi connectivity index (χ2v) is 3.44. The van der Waals surface area contributed by atoms with E-state index >= 15 is 0 Å². The van der Waals surface area contributed by atoms with Crippen LogP contribution in [-0.2, 0) is 27.2 Å². The van der Waals surface area contributed by atoms with Gasteiger partial charge in [-0.25, -0.2) is 0 Å². The average Bonchev–Trinajstić information content (AvgIpc) is 2.53. The maximum absolute atomic E-state index is 9.31. The van der Waals surface area contributed by atoms with Crippen molar-refractivity contribution in [3.63, 3.8) is 0 Å². The monoisotopic (exact) mass is 724 g/mol. The third kappa shape index (κ3) is 655. The molecule has 0 saturated heterocycles. The van der Waals surface area contributed by atoms with Gasteiger partial charge in [0.25, 0.3) is 10.2 Å². The van der Waals surface area contributed by atoms with Gasteiger partial charge in [0, 0.05) is 35.8 Å². The second-order valence-electron chi connectivity index (χ2n) is 2.65. The van der Waals surface area contributed by atoms with E-state index in [4.69, 9.17) is 46.7 Å². The van der Waals surface area contributed by atoms with Crippen LogP contribution in [0.4, 0.5) is 0 Å². The molecule has 0 unspecified atom stereocenters. The van der Waals surface area contributed by atoms with E-state index in [0.717, 1.165) is 11.9 Å². The Bertz CT molecular complexity index is 317. The first-order valence-electron chi connectivity index (χ1n) is 6.16. The summed E-state index contributed by atoms with van der Waals surface area (Å²) < 4.78 is 0. The molecule has 0 aliphatic heterocycles. The first kappa shape index (κ1) is 56.6. The minimum atomic E-state index is -1.75. The SMILES string of the molecule is Br.CC#N.NCCO.O=[N+]([O-])O.O=[N+]([O-])[O-].[Ag].[Br-].[NH3+]CCBr.[NH3+]CCO[N+](=O)[O-]. The van der Waals surface area contributed by atoms with Crippen molar-refractivity contribution < 1.29 is 81.2 Å². The molecule has 0 aliphatic rings. The third-order valence-corrected chi connectivity index (χ3v) is 1.16. The summed E-state index contributed by atoms with van der Waals surface area (Å²) in [4.78, 5) is 29.8. The van der Waals surface area contributed by atoms with Gasteiger partial charge in [0.05, 0.1) is 36.2 Å². The molecule has 0 atom stereocenters. The molecular weight excluding hydrogens is 702 g/mol. The molecule has 29 heavy (non-hydrogen) atoms. The molecule has 0 spiro atoms. The quantitative estimate of drug-likeness (QED) is 0.0767. The van der Waals surface area contributed by atoms with Crippen LogP contribution < -0.4 is 34.2 Å². The van der Waals surface area contributed by atoms with Crippen molar-refractivity contribution in [3.8, 4) is 6.07 Å². The zero-order valence-electron chi connectivity index (χ0n) is 15.1. The summed E-state index contributed by atoms with van der Waals surface area (Å²) in [5, 5.41) is 53.0. The summed E-state index contributed by atoms with van der Waals surface area (Å²) in [7, 11) is 0. The second kappa shape index (κ2) is 71.2. The minimum Gasteiger partial charge on any atom is -1.00 e. The Morgan fingerprint density at radius 3 is 1.41 bits per heavy atom. The molecular formula is C8H26AgBr3N7O10. The molecule has 10 N–H and O–H groups in total. The number of halogens is 3. The first-order chi connectivity index (χ1) is 12.0. The number of rotatable bonds is 5. The Hall–Kier alpha value is -0.890. The van der Waals surface area contributed by atoms with Crippen molar-refractivity contribution in [3.05, 3.63) is 35.6 Å². The zero-order chi connectivity index (χ0) is 22.4. The Kier molecular flexibility index (Phi) is 139. The van der Waals surface area contributed by atoms with Crippen LogP contribution in [0.2, 0.25) is 0 Å². The number of nitrogens with zero attached hydrogens (tertiary/aromatic N) is 4. The number of aliphatic hydroxyl groups is 1. The summed E-state index contributed by atoms with van der Waals surface area (Å²) in [5.74, 6) is 0. The molecule has 0 fully saturated rings. The molecule has 0 aliphatic carbocycles. The molecule has 0 amide bonds. The Balaban J connectivity index is -0.0000000237. The molecule has 21 heteroatoms. The molecule has 0 rings (SSSR count). The van der Waals surface area contributed by atoms with Crippen LogP contribution in [0, 0.1) is 46.9 Å². The number of alkyl halides is 1. The van der Waals surface area contributed by atoms with Crippen LogP contribution in [0.5, 0.6) is 0 Å². The molecule has 0 aromatic rings. The van der Waals surface area contributed by atoms with Crippen molar-refractivity contribution in [2.45, 2.75) is 6.92 Å². The number of quaternary nitrogens is 2. The smallest absolute Gasteiger partial charge is 0.294 e. The largest absolute Gasteiger partial charge is 1.00 e. The van der Waals surface area contributed by atoms with Gasteiger partial charge in [-0.05, 0) is 0 Å². The van der Waals surface area contributed by atoms with Crippen LogP contribution in [-0.4, -0.2) is 63.8 Å². The van der Waals surface area contributed by atoms with Gasteiger partial charge in [-0.3, -0.25) is 0 Å². The fraction of sp³-hybridized carbons (Fsp3) is 0.875. The standard InChI is InChI=1S/C2H6BrN.C2H6N2O3.C2H7NO.C2H3N.Ag.2BrH.HNO3.NO3/c3-1-2-4;3-1-2-7-4(5)6;3-1-2-4;1-2-3;;;;2*2-1(3)4/h1-2,4H2;1-3H2;4H,1-3H2;1H3;;2*1H;(H,2,3,4);/q;;;;;;;;-1/p+1. The summed E-state index contributed by atoms with van der Waals surface area (Å²) in [5.41, 5.74) is 11.7. The normalized spacial score (nSPS) is 5.97. The molecule has 0 bridgehead atoms. The molecule has 1 radical (unpaired) electrons. The average molecular weight is 728 g/mol. The predicted molar refractivity (Wildman–Crippen MR) is 99.1 cm³/mol. The zero-order valence-corrected chi connectivity index (χ0v) is 21.5. The van der Waals surface area contributed by atoms with Crippen LogP contribution in [0.15, 0.2) is 0 Å². The van der Waals surface area contributed by atoms with E-state index in [1.807, 2.05) is 0 Å². The van der Waals surface area contributed by atoms with Crippen LogP contribution in [0.3, 0.4) is 0 Å². The van der Waals surface area contributed by atoms with E-state index in [0.29, 0.717) is 13.1 Å². The fourth-order valence-electron chi connectivity index (χ4n) is 0.139. The number of hydrogen-bond acceptors (Lipinski definition) is 11. The van der Waals surface area contributed by atoms with Gasteiger partial charge >= 0.3 is 0 Å². The van der Waals surface area contributed by atoms with Gasteiger partial charge in [0.1, 0.15) is 6.61 Å². The summed E-state index contributed by atoms with van der Waals surface area (Å²) in [6.45, 7) is 3.41. The predicted octanol–water partition coefficient (Wildman–Crippen LogP) is -5.48. The van der Waals surface area contributed by atoms with E-state index in [1.165, 1.54) is 6.92 Å². The van der Waals surface area contributed by atoms with E-state index in [-0.39, 0.29) is 69.6 Å². The Morgan fingerprint density at radius 2 is 1.38 bits per heavy atom. The van der Waals surface area contributed by atoms with Gasteiger partial charge in [-0.15, -0.1) is 37.2 Å². The molecule has 17 nitrogen and oxygen atoms in total. The summed E-state index contributed by atoms with van der Waals surface area (Å²) >= 11 is 3.19. The van der Waals surface area contributed by atoms with Gasteiger partial charge < -0.3 is 64.7 Å². The van der Waals surface area contributed by atoms with Crippen molar-refractivity contribution in [2.75, 3.05) is 38.2 Å². The summed E-state index contributed by atoms with van der Waals surface area (Å²) in [6, 6.07) is 1.75. The van der Waals surface area contributed by atoms with Gasteiger partial charge in [0.15, 0.2) is 0 Å². The van der Waals surface area contributed by atoms with E-state index in [9.17, 15) is 10.1 Å². The summed E-state index contributed by atoms with van der Waals surface area (Å²) in [6.07, 6.45) is 0. The number of aliphatic hydroxyl groups excluding tert-OH is 1. The molecule has 185 valence electrons. The van der Waals surface area contributed by atoms with Crippen molar-refractivity contribution >= 4 is 32.9 Å². The maximum atomic E-state index is 9.31. The van der Waals surface area contributed by atoms with Crippen LogP contribution in [0.1, 0.15) is 6.92 Å². The molecule has 0 aromatic carbocycles. The molecule has 0 aromatic heterocycles. The maximum Gasteiger partial charge on any atom is 0.294 e. The van der Waals surface area contributed by atoms with Crippen molar-refractivity contribution in [1.82, 2.24) is 0 Å². The Morgan fingerprint density at radius 1 is 1.17 bits per heavy atom. The first-order valence-corrected chi connectivity index (χ1v) is 7.29. The molecule has 0 heterocycles. The number of nitriles is 1. The van der Waals surface area contributed by atoms with Gasteiger partial charge in [-0.2, -0.15) is 5.26 Å². The number of hydrogen-bond donors (Lipinski definition) is 5. The van der Waals surface area contributed by atoms with Crippen LogP contribution in [0.25, 0.3) is 0 Å². The van der Waals surface area contributed by atoms with Crippen molar-refractivity contribution in [1.29, 1.82) is 5.26 Å². The minimum absolute atomic E-state index is 0. The third-order valence-electron chi connectivity index (χ3n) is 0.604. The fourth-order valence-corrected chi connectivity index (χ4v) is 0.139. The van der Waals surface area contributed by atoms with Crippen LogP contribution >= 0.6 is 32.9 Å². The van der Waals surface area contributed by atoms with Gasteiger partial charge in [-0.1, -0.05) is 15.9 Å². The number of nitrogens with two attached hydrogens (primary N) is 1. The van der Waals surface area contributed by atoms with E-state index in [1.54, 1.807) is 6.07 Å². The van der Waals surface area contributed by atoms with Gasteiger partial charge in [0.2, 0.25) is 0 Å². The molecule has 0 saturated carbocycles. The van der Waals surface area contributed by atoms with Crippen molar-refractivity contribution in [2.24, 2.45) is 5.73 Å².